The second-order valence-corrected chi connectivity index (χ2v) is 4.25. The summed E-state index contributed by atoms with van der Waals surface area (Å²) < 4.78 is 40.4. The van der Waals surface area contributed by atoms with E-state index in [1.807, 2.05) is 30.3 Å². The van der Waals surface area contributed by atoms with Gasteiger partial charge in [0, 0.05) is 6.54 Å². The summed E-state index contributed by atoms with van der Waals surface area (Å²) in [5.74, 6) is -1.11. The molecule has 1 rings (SSSR count). The Balaban J connectivity index is 2.19. The Hall–Kier alpha value is -1.60. The number of ether oxygens (including phenoxy) is 1. The Kier molecular flexibility index (Phi) is 6.47. The van der Waals surface area contributed by atoms with Crippen LogP contribution in [0.2, 0.25) is 0 Å². The second kappa shape index (κ2) is 7.86. The van der Waals surface area contributed by atoms with E-state index >= 15 is 0 Å². The van der Waals surface area contributed by atoms with Crippen LogP contribution >= 0.6 is 0 Å². The Morgan fingerprint density at radius 1 is 1.30 bits per heavy atom. The maximum atomic E-state index is 11.8. The number of hydrogen-bond acceptors (Lipinski definition) is 4. The molecule has 112 valence electrons. The zero-order chi connectivity index (χ0) is 15.0. The molecule has 1 aromatic rings. The number of esters is 1. The minimum Gasteiger partial charge on any atom is -0.461 e. The number of carbonyl (C=O) groups is 1. The molecule has 1 atom stereocenters. The first-order valence-corrected chi connectivity index (χ1v) is 6.00. The molecule has 0 amide bonds. The van der Waals surface area contributed by atoms with Crippen LogP contribution in [0.1, 0.15) is 12.5 Å². The Morgan fingerprint density at radius 2 is 1.95 bits per heavy atom. The van der Waals surface area contributed by atoms with E-state index < -0.39 is 24.7 Å². The molecule has 4 nitrogen and oxygen atoms in total. The third kappa shape index (κ3) is 7.10. The standard InChI is InChI=1S/C13H16F3NO3/c1-10(7-17-20-9-13(14,15)16)12(18)19-8-11-5-3-2-4-6-11/h2-6,10,17H,7-9H2,1H3. The number of benzene rings is 1. The number of halogens is 3. The minimum absolute atomic E-state index is 0.0519. The number of hydrogen-bond donors (Lipinski definition) is 1. The van der Waals surface area contributed by atoms with Gasteiger partial charge in [-0.25, -0.2) is 5.48 Å². The van der Waals surface area contributed by atoms with Crippen LogP contribution in [0.4, 0.5) is 13.2 Å². The molecule has 0 spiro atoms. The van der Waals surface area contributed by atoms with Gasteiger partial charge in [-0.2, -0.15) is 13.2 Å². The molecule has 1 unspecified atom stereocenters. The van der Waals surface area contributed by atoms with Crippen molar-refractivity contribution in [1.29, 1.82) is 0 Å². The lowest BCUT2D eigenvalue weighted by molar-refractivity contribution is -0.190. The van der Waals surface area contributed by atoms with Crippen LogP contribution in [0.25, 0.3) is 0 Å². The van der Waals surface area contributed by atoms with Gasteiger partial charge in [0.25, 0.3) is 0 Å². The maximum Gasteiger partial charge on any atom is 0.413 e. The van der Waals surface area contributed by atoms with Crippen LogP contribution in [-0.2, 0) is 21.0 Å². The summed E-state index contributed by atoms with van der Waals surface area (Å²) in [7, 11) is 0. The van der Waals surface area contributed by atoms with Gasteiger partial charge >= 0.3 is 12.1 Å². The van der Waals surface area contributed by atoms with Crippen LogP contribution in [0.3, 0.4) is 0 Å². The highest BCUT2D eigenvalue weighted by molar-refractivity contribution is 5.72. The molecule has 0 saturated carbocycles. The van der Waals surface area contributed by atoms with Gasteiger partial charge in [0.05, 0.1) is 5.92 Å². The number of rotatable bonds is 7. The molecular weight excluding hydrogens is 275 g/mol. The molecule has 0 saturated heterocycles. The van der Waals surface area contributed by atoms with Crippen molar-refractivity contribution in [1.82, 2.24) is 5.48 Å². The van der Waals surface area contributed by atoms with Gasteiger partial charge in [-0.1, -0.05) is 37.3 Å². The molecule has 0 aliphatic heterocycles. The fourth-order valence-corrected chi connectivity index (χ4v) is 1.27. The van der Waals surface area contributed by atoms with Crippen LogP contribution in [-0.4, -0.2) is 25.3 Å². The maximum absolute atomic E-state index is 11.8. The molecule has 0 bridgehead atoms. The largest absolute Gasteiger partial charge is 0.461 e. The lowest BCUT2D eigenvalue weighted by Gasteiger charge is -2.13. The van der Waals surface area contributed by atoms with E-state index in [0.717, 1.165) is 5.56 Å². The summed E-state index contributed by atoms with van der Waals surface area (Å²) in [5, 5.41) is 0. The molecule has 1 aromatic carbocycles. The SMILES string of the molecule is CC(CNOCC(F)(F)F)C(=O)OCc1ccccc1. The van der Waals surface area contributed by atoms with E-state index in [0.29, 0.717) is 0 Å². The molecule has 1 N–H and O–H groups in total. The first-order chi connectivity index (χ1) is 9.38. The van der Waals surface area contributed by atoms with E-state index in [9.17, 15) is 18.0 Å². The smallest absolute Gasteiger partial charge is 0.413 e. The molecule has 0 heterocycles. The predicted molar refractivity (Wildman–Crippen MR) is 65.4 cm³/mol. The van der Waals surface area contributed by atoms with Gasteiger partial charge in [0.2, 0.25) is 0 Å². The van der Waals surface area contributed by atoms with Crippen LogP contribution in [0.15, 0.2) is 30.3 Å². The number of carbonyl (C=O) groups excluding carboxylic acids is 1. The van der Waals surface area contributed by atoms with Gasteiger partial charge < -0.3 is 4.74 Å². The minimum atomic E-state index is -4.40. The normalized spacial score (nSPS) is 13.0. The van der Waals surface area contributed by atoms with Gasteiger partial charge in [0.1, 0.15) is 6.61 Å². The lowest BCUT2D eigenvalue weighted by Crippen LogP contribution is -2.31. The summed E-state index contributed by atoms with van der Waals surface area (Å²) in [6, 6.07) is 9.10. The van der Waals surface area contributed by atoms with Crippen LogP contribution in [0, 0.1) is 5.92 Å². The first-order valence-electron chi connectivity index (χ1n) is 6.00. The highest BCUT2D eigenvalue weighted by Crippen LogP contribution is 2.13. The van der Waals surface area contributed by atoms with Crippen molar-refractivity contribution in [2.75, 3.05) is 13.2 Å². The summed E-state index contributed by atoms with van der Waals surface area (Å²) in [5.41, 5.74) is 2.94. The quantitative estimate of drug-likeness (QED) is 0.476. The number of nitrogens with one attached hydrogen (secondary N) is 1. The number of alkyl halides is 3. The van der Waals surface area contributed by atoms with Gasteiger partial charge in [-0.3, -0.25) is 9.63 Å². The van der Waals surface area contributed by atoms with Crippen molar-refractivity contribution < 1.29 is 27.5 Å². The van der Waals surface area contributed by atoms with Gasteiger partial charge in [0.15, 0.2) is 6.61 Å². The van der Waals surface area contributed by atoms with Crippen molar-refractivity contribution in [2.45, 2.75) is 19.7 Å². The first kappa shape index (κ1) is 16.5. The van der Waals surface area contributed by atoms with E-state index in [4.69, 9.17) is 4.74 Å². The fraction of sp³-hybridized carbons (Fsp3) is 0.462. The summed E-state index contributed by atoms with van der Waals surface area (Å²) >= 11 is 0. The molecule has 0 fully saturated rings. The van der Waals surface area contributed by atoms with Gasteiger partial charge in [-0.15, -0.1) is 0 Å². The van der Waals surface area contributed by atoms with Crippen molar-refractivity contribution in [2.24, 2.45) is 5.92 Å². The topological polar surface area (TPSA) is 47.6 Å². The summed E-state index contributed by atoms with van der Waals surface area (Å²) in [4.78, 5) is 15.8. The lowest BCUT2D eigenvalue weighted by atomic mass is 10.2. The monoisotopic (exact) mass is 291 g/mol. The highest BCUT2D eigenvalue weighted by atomic mass is 19.4. The fourth-order valence-electron chi connectivity index (χ4n) is 1.27. The van der Waals surface area contributed by atoms with Crippen LogP contribution < -0.4 is 5.48 Å². The Morgan fingerprint density at radius 3 is 2.55 bits per heavy atom. The van der Waals surface area contributed by atoms with E-state index in [1.54, 1.807) is 0 Å². The van der Waals surface area contributed by atoms with Crippen molar-refractivity contribution in [3.63, 3.8) is 0 Å². The molecule has 0 radical (unpaired) electrons. The molecule has 7 heteroatoms. The van der Waals surface area contributed by atoms with E-state index in [2.05, 4.69) is 10.3 Å². The Labute approximate surface area is 114 Å². The zero-order valence-corrected chi connectivity index (χ0v) is 10.9. The predicted octanol–water partition coefficient (Wildman–Crippen LogP) is 2.45. The molecular formula is C13H16F3NO3. The van der Waals surface area contributed by atoms with Crippen molar-refractivity contribution >= 4 is 5.97 Å². The zero-order valence-electron chi connectivity index (χ0n) is 10.9. The molecule has 0 aliphatic rings. The summed E-state index contributed by atoms with van der Waals surface area (Å²) in [6.45, 7) is 0.215. The van der Waals surface area contributed by atoms with E-state index in [-0.39, 0.29) is 13.2 Å². The van der Waals surface area contributed by atoms with Gasteiger partial charge in [-0.05, 0) is 5.56 Å². The molecule has 0 aliphatic carbocycles. The average Bonchev–Trinajstić information content (AvgIpc) is 2.40. The number of hydroxylamine groups is 1. The van der Waals surface area contributed by atoms with Crippen molar-refractivity contribution in [3.05, 3.63) is 35.9 Å². The Bertz CT molecular complexity index is 409. The highest BCUT2D eigenvalue weighted by Gasteiger charge is 2.28. The average molecular weight is 291 g/mol. The molecule has 0 aromatic heterocycles. The molecule has 20 heavy (non-hydrogen) atoms. The summed E-state index contributed by atoms with van der Waals surface area (Å²) in [6.07, 6.45) is -4.40. The third-order valence-electron chi connectivity index (χ3n) is 2.35. The van der Waals surface area contributed by atoms with Crippen LogP contribution in [0.5, 0.6) is 0 Å². The third-order valence-corrected chi connectivity index (χ3v) is 2.35. The van der Waals surface area contributed by atoms with E-state index in [1.165, 1.54) is 6.92 Å². The van der Waals surface area contributed by atoms with Crippen molar-refractivity contribution in [3.8, 4) is 0 Å². The second-order valence-electron chi connectivity index (χ2n) is 4.25.